The summed E-state index contributed by atoms with van der Waals surface area (Å²) in [7, 11) is 0. The summed E-state index contributed by atoms with van der Waals surface area (Å²) in [4.78, 5) is 20.8. The average molecular weight is 416 g/mol. The molecule has 0 saturated carbocycles. The quantitative estimate of drug-likeness (QED) is 0.701. The summed E-state index contributed by atoms with van der Waals surface area (Å²) in [6, 6.07) is 4.12. The molecule has 0 saturated heterocycles. The van der Waals surface area contributed by atoms with Crippen LogP contribution in [0.1, 0.15) is 43.0 Å². The summed E-state index contributed by atoms with van der Waals surface area (Å²) in [6.45, 7) is 0.715. The molecule has 11 heteroatoms. The van der Waals surface area contributed by atoms with E-state index in [1.165, 1.54) is 22.8 Å². The molecule has 3 aromatic heterocycles. The van der Waals surface area contributed by atoms with Crippen LogP contribution in [0.4, 0.5) is 18.9 Å². The number of hydrogen-bond acceptors (Lipinski definition) is 6. The molecule has 1 amide bonds. The van der Waals surface area contributed by atoms with Gasteiger partial charge < -0.3 is 10.1 Å². The van der Waals surface area contributed by atoms with E-state index in [0.29, 0.717) is 23.3 Å². The highest BCUT2D eigenvalue weighted by Gasteiger charge is 2.43. The minimum absolute atomic E-state index is 0.156. The minimum atomic E-state index is -3.13. The van der Waals surface area contributed by atoms with Gasteiger partial charge in [0.25, 0.3) is 0 Å². The van der Waals surface area contributed by atoms with E-state index in [1.807, 2.05) is 13.8 Å². The molecule has 0 fully saturated rings. The molecule has 0 aliphatic heterocycles. The van der Waals surface area contributed by atoms with Crippen LogP contribution in [0.3, 0.4) is 0 Å². The number of aromatic nitrogens is 4. The second-order valence-electron chi connectivity index (χ2n) is 7.50. The smallest absolute Gasteiger partial charge is 0.388 e. The van der Waals surface area contributed by atoms with Gasteiger partial charge in [-0.25, -0.2) is 14.5 Å². The Labute approximate surface area is 168 Å². The van der Waals surface area contributed by atoms with Gasteiger partial charge in [-0.05, 0) is 12.5 Å². The number of carbonyl (C=O) groups excluding carboxylic acids is 1. The highest BCUT2D eigenvalue weighted by Crippen LogP contribution is 2.45. The van der Waals surface area contributed by atoms with Crippen LogP contribution < -0.4 is 10.1 Å². The van der Waals surface area contributed by atoms with Gasteiger partial charge in [-0.3, -0.25) is 4.79 Å². The average Bonchev–Trinajstić information content (AvgIpc) is 3.18. The van der Waals surface area contributed by atoms with Crippen molar-refractivity contribution in [2.24, 2.45) is 0 Å². The molecule has 1 aliphatic rings. The molecule has 154 valence electrons. The Morgan fingerprint density at radius 1 is 1.37 bits per heavy atom. The zero-order valence-corrected chi connectivity index (χ0v) is 15.9. The molecule has 8 nitrogen and oxygen atoms in total. The molecule has 0 radical (unpaired) electrons. The summed E-state index contributed by atoms with van der Waals surface area (Å²) in [5.74, 6) is -2.20. The second kappa shape index (κ2) is 6.98. The van der Waals surface area contributed by atoms with Gasteiger partial charge in [0, 0.05) is 23.2 Å². The van der Waals surface area contributed by atoms with Crippen LogP contribution in [0.25, 0.3) is 5.65 Å². The predicted octanol–water partition coefficient (Wildman–Crippen LogP) is 3.14. The lowest BCUT2D eigenvalue weighted by Crippen LogP contribution is -2.22. The molecular formula is C19H15F3N6O2. The van der Waals surface area contributed by atoms with Gasteiger partial charge >= 0.3 is 6.61 Å². The van der Waals surface area contributed by atoms with Crippen LogP contribution in [0.5, 0.6) is 5.88 Å². The van der Waals surface area contributed by atoms with Crippen molar-refractivity contribution in [1.29, 1.82) is 5.26 Å². The van der Waals surface area contributed by atoms with Crippen molar-refractivity contribution < 1.29 is 22.7 Å². The van der Waals surface area contributed by atoms with Crippen molar-refractivity contribution in [3.05, 3.63) is 47.3 Å². The largest absolute Gasteiger partial charge is 0.415 e. The predicted molar refractivity (Wildman–Crippen MR) is 97.5 cm³/mol. The van der Waals surface area contributed by atoms with Crippen LogP contribution in [-0.4, -0.2) is 32.1 Å². The molecule has 4 rings (SSSR count). The number of nitrogens with one attached hydrogen (secondary N) is 1. The van der Waals surface area contributed by atoms with E-state index in [-0.39, 0.29) is 11.3 Å². The molecular weight excluding hydrogens is 401 g/mol. The fraction of sp³-hybridized carbons (Fsp3) is 0.316. The molecule has 3 heterocycles. The van der Waals surface area contributed by atoms with Crippen molar-refractivity contribution in [2.75, 3.05) is 5.32 Å². The number of pyridine rings is 1. The third-order valence-corrected chi connectivity index (χ3v) is 4.97. The summed E-state index contributed by atoms with van der Waals surface area (Å²) < 4.78 is 44.0. The fourth-order valence-electron chi connectivity index (χ4n) is 3.81. The van der Waals surface area contributed by atoms with E-state index in [9.17, 15) is 18.0 Å². The third-order valence-electron chi connectivity index (χ3n) is 4.97. The zero-order valence-electron chi connectivity index (χ0n) is 15.9. The number of nitriles is 1. The molecule has 0 aromatic carbocycles. The van der Waals surface area contributed by atoms with Crippen LogP contribution in [0.15, 0.2) is 24.5 Å². The monoisotopic (exact) mass is 416 g/mol. The van der Waals surface area contributed by atoms with E-state index in [4.69, 9.17) is 5.26 Å². The number of anilines is 1. The van der Waals surface area contributed by atoms with Gasteiger partial charge in [0.05, 0.1) is 23.5 Å². The number of hydrogen-bond donors (Lipinski definition) is 1. The summed E-state index contributed by atoms with van der Waals surface area (Å²) in [6.07, 6.45) is 3.08. The number of carbonyl (C=O) groups is 1. The Morgan fingerprint density at radius 2 is 2.13 bits per heavy atom. The SMILES string of the molecule is CC1(C)C[C@@H](C(=O)Nc2cnc(OC(F)F)c(C#N)c2)c2cnc3cc(F)nn3c21. The van der Waals surface area contributed by atoms with Gasteiger partial charge in [-0.2, -0.15) is 18.4 Å². The van der Waals surface area contributed by atoms with Crippen LogP contribution in [0, 0.1) is 17.3 Å². The van der Waals surface area contributed by atoms with Crippen molar-refractivity contribution >= 4 is 17.2 Å². The number of nitrogens with zero attached hydrogens (tertiary/aromatic N) is 5. The number of fused-ring (bicyclic) bond motifs is 3. The minimum Gasteiger partial charge on any atom is -0.415 e. The normalized spacial score (nSPS) is 17.0. The molecule has 0 bridgehead atoms. The Hall–Kier alpha value is -3.68. The van der Waals surface area contributed by atoms with Crippen molar-refractivity contribution in [2.45, 2.75) is 38.2 Å². The second-order valence-corrected chi connectivity index (χ2v) is 7.50. The van der Waals surface area contributed by atoms with E-state index in [2.05, 4.69) is 25.1 Å². The molecule has 1 aliphatic carbocycles. The maximum Gasteiger partial charge on any atom is 0.388 e. The lowest BCUT2D eigenvalue weighted by Gasteiger charge is -2.19. The lowest BCUT2D eigenvalue weighted by atomic mass is 9.88. The lowest BCUT2D eigenvalue weighted by molar-refractivity contribution is -0.117. The zero-order chi connectivity index (χ0) is 21.6. The number of alkyl halides is 2. The maximum absolute atomic E-state index is 13.6. The van der Waals surface area contributed by atoms with Gasteiger partial charge in [0.15, 0.2) is 5.65 Å². The molecule has 30 heavy (non-hydrogen) atoms. The van der Waals surface area contributed by atoms with Gasteiger partial charge in [-0.1, -0.05) is 13.8 Å². The molecule has 1 atom stereocenters. The van der Waals surface area contributed by atoms with Gasteiger partial charge in [0.2, 0.25) is 17.7 Å². The van der Waals surface area contributed by atoms with Crippen LogP contribution in [-0.2, 0) is 10.2 Å². The summed E-state index contributed by atoms with van der Waals surface area (Å²) >= 11 is 0. The Kier molecular flexibility index (Phi) is 4.57. The van der Waals surface area contributed by atoms with E-state index in [0.717, 1.165) is 6.20 Å². The van der Waals surface area contributed by atoms with Gasteiger partial charge in [-0.15, -0.1) is 5.10 Å². The van der Waals surface area contributed by atoms with Crippen molar-refractivity contribution in [1.82, 2.24) is 19.6 Å². The van der Waals surface area contributed by atoms with Crippen molar-refractivity contribution in [3.8, 4) is 11.9 Å². The van der Waals surface area contributed by atoms with E-state index < -0.39 is 35.7 Å². The van der Waals surface area contributed by atoms with Crippen LogP contribution >= 0.6 is 0 Å². The molecule has 0 spiro atoms. The topological polar surface area (TPSA) is 105 Å². The first kappa shape index (κ1) is 19.6. The molecule has 1 N–H and O–H groups in total. The highest BCUT2D eigenvalue weighted by molar-refractivity contribution is 5.96. The number of halogens is 3. The maximum atomic E-state index is 13.6. The number of rotatable bonds is 4. The summed E-state index contributed by atoms with van der Waals surface area (Å²) in [5, 5.41) is 15.6. The Bertz CT molecular complexity index is 1200. The standard InChI is InChI=1S/C19H15F3N6O2/c1-19(2)5-11(12-8-24-14-4-13(20)27-28(14)15(12)19)16(29)26-10-3-9(6-23)17(25-7-10)30-18(21)22/h3-4,7-8,11,18H,5H2,1-2H3,(H,26,29)/t11-/m1/s1. The highest BCUT2D eigenvalue weighted by atomic mass is 19.3. The van der Waals surface area contributed by atoms with Crippen molar-refractivity contribution in [3.63, 3.8) is 0 Å². The first-order valence-electron chi connectivity index (χ1n) is 8.90. The van der Waals surface area contributed by atoms with E-state index in [1.54, 1.807) is 6.07 Å². The first-order chi connectivity index (χ1) is 14.2. The molecule has 0 unspecified atom stereocenters. The first-order valence-corrected chi connectivity index (χ1v) is 8.90. The summed E-state index contributed by atoms with van der Waals surface area (Å²) in [5.41, 5.74) is 1.08. The molecule has 3 aromatic rings. The van der Waals surface area contributed by atoms with Crippen LogP contribution in [0.2, 0.25) is 0 Å². The van der Waals surface area contributed by atoms with Gasteiger partial charge in [0.1, 0.15) is 11.6 Å². The number of amides is 1. The number of ether oxygens (including phenoxy) is 1. The van der Waals surface area contributed by atoms with E-state index >= 15 is 0 Å². The fourth-order valence-corrected chi connectivity index (χ4v) is 3.81. The Balaban J connectivity index is 1.65. The Morgan fingerprint density at radius 3 is 2.83 bits per heavy atom. The third kappa shape index (κ3) is 3.30.